The second-order valence-corrected chi connectivity index (χ2v) is 15.6. The fourth-order valence-corrected chi connectivity index (χ4v) is 7.02. The molecule has 11 nitrogen and oxygen atoms in total. The third-order valence-corrected chi connectivity index (χ3v) is 9.29. The van der Waals surface area contributed by atoms with Gasteiger partial charge in [-0.2, -0.15) is 5.10 Å². The number of rotatable bonds is 9. The van der Waals surface area contributed by atoms with Crippen molar-refractivity contribution in [3.05, 3.63) is 64.5 Å². The van der Waals surface area contributed by atoms with Gasteiger partial charge in [0.1, 0.15) is 29.0 Å². The van der Waals surface area contributed by atoms with E-state index in [-0.39, 0.29) is 22.8 Å². The Morgan fingerprint density at radius 1 is 1.02 bits per heavy atom. The summed E-state index contributed by atoms with van der Waals surface area (Å²) in [6.07, 6.45) is 4.45. The normalized spacial score (nSPS) is 16.3. The molecule has 6 rings (SSSR count). The Kier molecular flexibility index (Phi) is 8.97. The maximum Gasteiger partial charge on any atom is 0.407 e. The topological polar surface area (TPSA) is 126 Å². The first-order valence-electron chi connectivity index (χ1n) is 16.0. The van der Waals surface area contributed by atoms with Gasteiger partial charge in [-0.1, -0.05) is 37.0 Å². The Hall–Kier alpha value is -4.09. The van der Waals surface area contributed by atoms with Gasteiger partial charge < -0.3 is 24.6 Å². The molecule has 0 radical (unpaired) electrons. The van der Waals surface area contributed by atoms with Crippen LogP contribution in [0.1, 0.15) is 59.6 Å². The number of likely N-dealkylation sites (tertiary alicyclic amines) is 1. The molecule has 2 N–H and O–H groups in total. The summed E-state index contributed by atoms with van der Waals surface area (Å²) in [6, 6.07) is 9.80. The number of amides is 2. The Morgan fingerprint density at radius 3 is 2.38 bits per heavy atom. The largest absolute Gasteiger partial charge is 0.486 e. The lowest BCUT2D eigenvalue weighted by atomic mass is 9.72. The molecular weight excluding hydrogens is 653 g/mol. The molecule has 0 aliphatic carbocycles. The molecule has 4 aromatic rings. The van der Waals surface area contributed by atoms with E-state index in [9.17, 15) is 9.59 Å². The van der Waals surface area contributed by atoms with E-state index in [0.29, 0.717) is 34.3 Å². The minimum absolute atomic E-state index is 0.103. The van der Waals surface area contributed by atoms with E-state index in [1.165, 1.54) is 0 Å². The van der Waals surface area contributed by atoms with Gasteiger partial charge in [0.2, 0.25) is 5.91 Å². The number of fused-ring (bicyclic) bond motifs is 1. The van der Waals surface area contributed by atoms with Crippen molar-refractivity contribution in [2.75, 3.05) is 37.6 Å². The van der Waals surface area contributed by atoms with Crippen molar-refractivity contribution in [2.24, 2.45) is 10.8 Å². The fourth-order valence-electron chi connectivity index (χ4n) is 6.35. The molecule has 0 bridgehead atoms. The van der Waals surface area contributed by atoms with Crippen LogP contribution in [0.4, 0.5) is 10.6 Å². The average Bonchev–Trinajstić information content (AvgIpc) is 3.37. The van der Waals surface area contributed by atoms with Crippen LogP contribution in [-0.4, -0.2) is 75.4 Å². The first kappa shape index (κ1) is 33.8. The molecule has 2 aliphatic rings. The number of alkyl carbamates (subject to hydrolysis) is 1. The van der Waals surface area contributed by atoms with Crippen molar-refractivity contribution in [2.45, 2.75) is 59.7 Å². The van der Waals surface area contributed by atoms with Crippen molar-refractivity contribution < 1.29 is 19.1 Å². The van der Waals surface area contributed by atoms with E-state index in [1.54, 1.807) is 12.4 Å². The highest BCUT2D eigenvalue weighted by atomic mass is 35.5. The summed E-state index contributed by atoms with van der Waals surface area (Å²) in [7, 11) is 0. The number of nitrogens with zero attached hydrogens (tertiary/aromatic N) is 5. The summed E-state index contributed by atoms with van der Waals surface area (Å²) in [6.45, 7) is 14.9. The van der Waals surface area contributed by atoms with Gasteiger partial charge in [0.25, 0.3) is 0 Å². The molecule has 254 valence electrons. The Labute approximate surface area is 290 Å². The number of nitrogens with one attached hydrogen (secondary N) is 2. The summed E-state index contributed by atoms with van der Waals surface area (Å²) >= 11 is 12.7. The number of H-pyrrole nitrogens is 1. The minimum Gasteiger partial charge on any atom is -0.486 e. The zero-order valence-electron chi connectivity index (χ0n) is 28.1. The number of hydrogen-bond acceptors (Lipinski definition) is 8. The first-order chi connectivity index (χ1) is 22.6. The van der Waals surface area contributed by atoms with Crippen LogP contribution in [0.15, 0.2) is 48.9 Å². The van der Waals surface area contributed by atoms with Gasteiger partial charge in [-0.3, -0.25) is 14.9 Å². The molecule has 1 spiro atoms. The highest BCUT2D eigenvalue weighted by molar-refractivity contribution is 6.35. The lowest BCUT2D eigenvalue weighted by Gasteiger charge is -2.60. The van der Waals surface area contributed by atoms with Gasteiger partial charge in [-0.25, -0.2) is 9.78 Å². The first-order valence-corrected chi connectivity index (χ1v) is 16.8. The monoisotopic (exact) mass is 693 g/mol. The van der Waals surface area contributed by atoms with E-state index < -0.39 is 11.7 Å². The molecule has 0 unspecified atom stereocenters. The number of ether oxygens (including phenoxy) is 2. The standard InChI is InChI=1S/C35H41Cl2N7O4/c1-21(30-25(36)14-38-15-26(30)37)47-23-8-9-27-24(11-23)31(42-41-27)22-7-10-28(39-13-22)43-17-35(18-43)19-44(20-35)29(45)12-34(5,6)16-40-32(46)48-33(2,3)4/h7-11,13-15,21H,12,16-20H2,1-6H3,(H,40,46)(H,41,42)/t21-/m1/s1. The average molecular weight is 695 g/mol. The van der Waals surface area contributed by atoms with E-state index in [2.05, 4.69) is 25.4 Å². The highest BCUT2D eigenvalue weighted by Crippen LogP contribution is 2.42. The van der Waals surface area contributed by atoms with Crippen molar-refractivity contribution in [3.63, 3.8) is 0 Å². The predicted molar refractivity (Wildman–Crippen MR) is 186 cm³/mol. The number of anilines is 1. The number of halogens is 2. The maximum absolute atomic E-state index is 13.0. The quantitative estimate of drug-likeness (QED) is 0.191. The van der Waals surface area contributed by atoms with Gasteiger partial charge >= 0.3 is 6.09 Å². The smallest absolute Gasteiger partial charge is 0.407 e. The number of aromatic nitrogens is 4. The molecule has 5 heterocycles. The number of carbonyl (C=O) groups is 2. The van der Waals surface area contributed by atoms with Crippen LogP contribution in [0.2, 0.25) is 10.0 Å². The van der Waals surface area contributed by atoms with Crippen LogP contribution in [0.25, 0.3) is 22.2 Å². The summed E-state index contributed by atoms with van der Waals surface area (Å²) in [5.41, 5.74) is 2.38. The number of carbonyl (C=O) groups excluding carboxylic acids is 2. The summed E-state index contributed by atoms with van der Waals surface area (Å²) in [5.74, 6) is 1.66. The molecule has 1 atom stereocenters. The third-order valence-electron chi connectivity index (χ3n) is 8.69. The van der Waals surface area contributed by atoms with Crippen molar-refractivity contribution >= 4 is 51.9 Å². The molecule has 3 aromatic heterocycles. The summed E-state index contributed by atoms with van der Waals surface area (Å²) in [4.78, 5) is 38.0. The van der Waals surface area contributed by atoms with E-state index in [1.807, 2.05) is 83.0 Å². The number of pyridine rings is 2. The molecule has 13 heteroatoms. The van der Waals surface area contributed by atoms with Crippen LogP contribution < -0.4 is 15.0 Å². The SMILES string of the molecule is C[C@@H](Oc1ccc2[nH]nc(-c3ccc(N4CC5(CN(C(=O)CC(C)(C)CNC(=O)OC(C)(C)C)C5)C4)nc3)c2c1)c1c(Cl)cncc1Cl. The van der Waals surface area contributed by atoms with Crippen molar-refractivity contribution in [3.8, 4) is 17.0 Å². The number of hydrogen-bond donors (Lipinski definition) is 2. The van der Waals surface area contributed by atoms with Crippen LogP contribution in [0.3, 0.4) is 0 Å². The van der Waals surface area contributed by atoms with Gasteiger partial charge in [0, 0.05) is 79.7 Å². The van der Waals surface area contributed by atoms with Gasteiger partial charge in [-0.15, -0.1) is 0 Å². The van der Waals surface area contributed by atoms with Crippen LogP contribution in [-0.2, 0) is 9.53 Å². The molecule has 0 saturated carbocycles. The second kappa shape index (κ2) is 12.7. The summed E-state index contributed by atoms with van der Waals surface area (Å²) in [5, 5.41) is 12.3. The van der Waals surface area contributed by atoms with E-state index in [0.717, 1.165) is 54.2 Å². The van der Waals surface area contributed by atoms with E-state index >= 15 is 0 Å². The second-order valence-electron chi connectivity index (χ2n) is 14.8. The van der Waals surface area contributed by atoms with Gasteiger partial charge in [0.15, 0.2) is 0 Å². The molecule has 2 saturated heterocycles. The molecule has 2 fully saturated rings. The lowest BCUT2D eigenvalue weighted by molar-refractivity contribution is -0.147. The van der Waals surface area contributed by atoms with Crippen molar-refractivity contribution in [1.82, 2.24) is 30.4 Å². The third kappa shape index (κ3) is 7.32. The Balaban J connectivity index is 1.02. The fraction of sp³-hybridized carbons (Fsp3) is 0.457. The zero-order chi connectivity index (χ0) is 34.4. The van der Waals surface area contributed by atoms with Crippen LogP contribution in [0, 0.1) is 10.8 Å². The molecular formula is C35H41Cl2N7O4. The Bertz CT molecular complexity index is 1800. The number of benzene rings is 1. The predicted octanol–water partition coefficient (Wildman–Crippen LogP) is 7.06. The van der Waals surface area contributed by atoms with Crippen LogP contribution in [0.5, 0.6) is 5.75 Å². The maximum atomic E-state index is 13.0. The highest BCUT2D eigenvalue weighted by Gasteiger charge is 2.53. The van der Waals surface area contributed by atoms with Crippen molar-refractivity contribution in [1.29, 1.82) is 0 Å². The zero-order valence-corrected chi connectivity index (χ0v) is 29.6. The number of aromatic amines is 1. The molecule has 1 aromatic carbocycles. The molecule has 48 heavy (non-hydrogen) atoms. The van der Waals surface area contributed by atoms with Crippen LogP contribution >= 0.6 is 23.2 Å². The summed E-state index contributed by atoms with van der Waals surface area (Å²) < 4.78 is 11.5. The Morgan fingerprint density at radius 2 is 1.73 bits per heavy atom. The molecule has 2 amide bonds. The lowest BCUT2D eigenvalue weighted by Crippen LogP contribution is -2.73. The van der Waals surface area contributed by atoms with Gasteiger partial charge in [0.05, 0.1) is 15.6 Å². The van der Waals surface area contributed by atoms with Gasteiger partial charge in [-0.05, 0) is 63.4 Å². The molecule has 2 aliphatic heterocycles. The minimum atomic E-state index is -0.563. The van der Waals surface area contributed by atoms with E-state index in [4.69, 9.17) is 37.7 Å².